The molecule has 1 aliphatic carbocycles. The van der Waals surface area contributed by atoms with Gasteiger partial charge in [0, 0.05) is 12.6 Å². The summed E-state index contributed by atoms with van der Waals surface area (Å²) in [7, 11) is 0. The number of fused-ring (bicyclic) bond motifs is 1. The van der Waals surface area contributed by atoms with Crippen LogP contribution in [0.1, 0.15) is 51.2 Å². The van der Waals surface area contributed by atoms with E-state index in [9.17, 15) is 15.3 Å². The predicted octanol–water partition coefficient (Wildman–Crippen LogP) is 1.40. The molecule has 160 valence electrons. The van der Waals surface area contributed by atoms with Crippen LogP contribution in [-0.4, -0.2) is 61.3 Å². The van der Waals surface area contributed by atoms with E-state index in [2.05, 4.69) is 15.3 Å². The maximum Gasteiger partial charge on any atom is 0.166 e. The molecule has 1 aliphatic heterocycles. The molecule has 0 radical (unpaired) electrons. The van der Waals surface area contributed by atoms with Crippen molar-refractivity contribution in [2.75, 3.05) is 24.2 Å². The summed E-state index contributed by atoms with van der Waals surface area (Å²) in [6.07, 6.45) is 6.47. The highest BCUT2D eigenvalue weighted by Gasteiger charge is 2.44. The molecule has 0 amide bonds. The zero-order chi connectivity index (χ0) is 20.4. The number of pyridine rings is 1. The van der Waals surface area contributed by atoms with Crippen LogP contribution in [0, 0.1) is 5.92 Å². The van der Waals surface area contributed by atoms with Gasteiger partial charge in [0.25, 0.3) is 0 Å². The van der Waals surface area contributed by atoms with Crippen LogP contribution in [0.4, 0.5) is 11.5 Å². The van der Waals surface area contributed by atoms with E-state index in [0.29, 0.717) is 22.7 Å². The molecule has 1 saturated carbocycles. The Morgan fingerprint density at radius 2 is 2.00 bits per heavy atom. The first-order chi connectivity index (χ1) is 14.1. The zero-order valence-corrected chi connectivity index (χ0v) is 16.6. The summed E-state index contributed by atoms with van der Waals surface area (Å²) in [5.41, 5.74) is 7.62. The Morgan fingerprint density at radius 1 is 1.21 bits per heavy atom. The number of nitrogen functional groups attached to an aromatic ring is 1. The van der Waals surface area contributed by atoms with Crippen LogP contribution in [0.25, 0.3) is 11.2 Å². The Bertz CT molecular complexity index is 823. The third kappa shape index (κ3) is 4.18. The topological polar surface area (TPSA) is 139 Å². The summed E-state index contributed by atoms with van der Waals surface area (Å²) >= 11 is 0. The SMILES string of the molecule is Nc1cc(NCCCC2CCCCC2)nc2c1ncn2[C@@H]1O[C@H](CO)[C@@H](O)[C@H]1O. The Hall–Kier alpha value is -1.94. The third-order valence-electron chi connectivity index (χ3n) is 6.17. The van der Waals surface area contributed by atoms with Crippen molar-refractivity contribution < 1.29 is 20.1 Å². The molecule has 1 saturated heterocycles. The summed E-state index contributed by atoms with van der Waals surface area (Å²) in [5.74, 6) is 1.49. The summed E-state index contributed by atoms with van der Waals surface area (Å²) in [4.78, 5) is 8.89. The first-order valence-electron chi connectivity index (χ1n) is 10.6. The molecule has 3 heterocycles. The average Bonchev–Trinajstić information content (AvgIpc) is 3.28. The maximum absolute atomic E-state index is 10.3. The molecule has 9 heteroatoms. The molecule has 0 aromatic carbocycles. The minimum atomic E-state index is -1.19. The lowest BCUT2D eigenvalue weighted by molar-refractivity contribution is -0.0511. The van der Waals surface area contributed by atoms with Gasteiger partial charge in [-0.25, -0.2) is 9.97 Å². The molecule has 0 unspecified atom stereocenters. The van der Waals surface area contributed by atoms with Gasteiger partial charge in [0.2, 0.25) is 0 Å². The predicted molar refractivity (Wildman–Crippen MR) is 109 cm³/mol. The van der Waals surface area contributed by atoms with E-state index in [4.69, 9.17) is 10.5 Å². The van der Waals surface area contributed by atoms with Gasteiger partial charge in [-0.2, -0.15) is 0 Å². The Labute approximate surface area is 169 Å². The Kier molecular flexibility index (Phi) is 6.19. The minimum Gasteiger partial charge on any atom is -0.397 e. The number of aromatic nitrogens is 3. The zero-order valence-electron chi connectivity index (χ0n) is 16.6. The molecule has 4 rings (SSSR count). The monoisotopic (exact) mass is 405 g/mol. The normalized spacial score (nSPS) is 28.2. The van der Waals surface area contributed by atoms with Crippen molar-refractivity contribution in [3.05, 3.63) is 12.4 Å². The average molecular weight is 405 g/mol. The van der Waals surface area contributed by atoms with Crippen LogP contribution in [0.15, 0.2) is 12.4 Å². The van der Waals surface area contributed by atoms with Crippen molar-refractivity contribution >= 4 is 22.7 Å². The quantitative estimate of drug-likeness (QED) is 0.436. The van der Waals surface area contributed by atoms with Gasteiger partial charge < -0.3 is 31.1 Å². The first-order valence-corrected chi connectivity index (χ1v) is 10.6. The molecule has 0 bridgehead atoms. The highest BCUT2D eigenvalue weighted by molar-refractivity contribution is 5.86. The molecule has 4 atom stereocenters. The number of anilines is 2. The van der Waals surface area contributed by atoms with Gasteiger partial charge >= 0.3 is 0 Å². The van der Waals surface area contributed by atoms with Crippen molar-refractivity contribution in [3.63, 3.8) is 0 Å². The molecular weight excluding hydrogens is 374 g/mol. The molecule has 2 aromatic rings. The number of aliphatic hydroxyl groups is 3. The molecule has 2 fully saturated rings. The van der Waals surface area contributed by atoms with E-state index in [-0.39, 0.29) is 6.61 Å². The lowest BCUT2D eigenvalue weighted by atomic mass is 9.86. The standard InChI is InChI=1S/C20H31N5O4/c21-13-9-15(22-8-4-7-12-5-2-1-3-6-12)24-19-16(13)23-11-25(19)20-18(28)17(27)14(10-26)29-20/h9,11-12,14,17-18,20,26-28H,1-8,10H2,(H3,21,22,24)/t14-,17-,18-,20-/m1/s1. The van der Waals surface area contributed by atoms with Crippen LogP contribution < -0.4 is 11.1 Å². The molecule has 2 aromatic heterocycles. The van der Waals surface area contributed by atoms with E-state index in [1.165, 1.54) is 44.9 Å². The second-order valence-corrected chi connectivity index (χ2v) is 8.22. The minimum absolute atomic E-state index is 0.384. The molecule has 29 heavy (non-hydrogen) atoms. The molecular formula is C20H31N5O4. The van der Waals surface area contributed by atoms with Crippen molar-refractivity contribution in [1.29, 1.82) is 0 Å². The van der Waals surface area contributed by atoms with E-state index in [1.54, 1.807) is 10.6 Å². The van der Waals surface area contributed by atoms with Crippen LogP contribution in [-0.2, 0) is 4.74 Å². The van der Waals surface area contributed by atoms with Crippen LogP contribution in [0.3, 0.4) is 0 Å². The fraction of sp³-hybridized carbons (Fsp3) is 0.700. The van der Waals surface area contributed by atoms with Crippen molar-refractivity contribution in [3.8, 4) is 0 Å². The molecule has 2 aliphatic rings. The van der Waals surface area contributed by atoms with Gasteiger partial charge in [0.15, 0.2) is 11.9 Å². The van der Waals surface area contributed by atoms with E-state index >= 15 is 0 Å². The third-order valence-corrected chi connectivity index (χ3v) is 6.17. The second kappa shape index (κ2) is 8.83. The van der Waals surface area contributed by atoms with Gasteiger partial charge in [0.05, 0.1) is 18.6 Å². The Balaban J connectivity index is 1.45. The maximum atomic E-state index is 10.3. The van der Waals surface area contributed by atoms with Gasteiger partial charge in [-0.3, -0.25) is 4.57 Å². The van der Waals surface area contributed by atoms with E-state index in [1.807, 2.05) is 0 Å². The number of aliphatic hydroxyl groups excluding tert-OH is 3. The fourth-order valence-electron chi connectivity index (χ4n) is 4.50. The molecule has 9 nitrogen and oxygen atoms in total. The first kappa shape index (κ1) is 20.3. The highest BCUT2D eigenvalue weighted by Crippen LogP contribution is 2.33. The lowest BCUT2D eigenvalue weighted by Gasteiger charge is -2.21. The van der Waals surface area contributed by atoms with E-state index < -0.39 is 24.5 Å². The number of nitrogens with zero attached hydrogens (tertiary/aromatic N) is 3. The van der Waals surface area contributed by atoms with Crippen molar-refractivity contribution in [2.45, 2.75) is 69.5 Å². The Morgan fingerprint density at radius 3 is 2.72 bits per heavy atom. The number of nitrogens with one attached hydrogen (secondary N) is 1. The summed E-state index contributed by atoms with van der Waals surface area (Å²) in [5, 5.41) is 33.0. The highest BCUT2D eigenvalue weighted by atomic mass is 16.6. The van der Waals surface area contributed by atoms with E-state index in [0.717, 1.165) is 18.9 Å². The number of nitrogens with two attached hydrogens (primary N) is 1. The largest absolute Gasteiger partial charge is 0.397 e. The molecule has 0 spiro atoms. The number of hydrogen-bond donors (Lipinski definition) is 5. The molecule has 6 N–H and O–H groups in total. The number of imidazole rings is 1. The van der Waals surface area contributed by atoms with Crippen molar-refractivity contribution in [2.24, 2.45) is 5.92 Å². The second-order valence-electron chi connectivity index (χ2n) is 8.22. The van der Waals surface area contributed by atoms with Crippen LogP contribution in [0.2, 0.25) is 0 Å². The van der Waals surface area contributed by atoms with Gasteiger partial charge in [0.1, 0.15) is 29.6 Å². The lowest BCUT2D eigenvalue weighted by Crippen LogP contribution is -2.33. The number of rotatable bonds is 7. The summed E-state index contributed by atoms with van der Waals surface area (Å²) in [6, 6.07) is 1.76. The van der Waals surface area contributed by atoms with Crippen molar-refractivity contribution in [1.82, 2.24) is 14.5 Å². The fourth-order valence-corrected chi connectivity index (χ4v) is 4.50. The summed E-state index contributed by atoms with van der Waals surface area (Å²) in [6.45, 7) is 0.432. The van der Waals surface area contributed by atoms with Crippen LogP contribution >= 0.6 is 0 Å². The number of hydrogen-bond acceptors (Lipinski definition) is 8. The number of ether oxygens (including phenoxy) is 1. The van der Waals surface area contributed by atoms with Crippen LogP contribution in [0.5, 0.6) is 0 Å². The summed E-state index contributed by atoms with van der Waals surface area (Å²) < 4.78 is 7.16. The smallest absolute Gasteiger partial charge is 0.166 e. The van der Waals surface area contributed by atoms with Gasteiger partial charge in [-0.15, -0.1) is 0 Å². The van der Waals surface area contributed by atoms with Gasteiger partial charge in [-0.1, -0.05) is 32.1 Å². The van der Waals surface area contributed by atoms with Gasteiger partial charge in [-0.05, 0) is 18.8 Å².